The zero-order valence-corrected chi connectivity index (χ0v) is 18.2. The van der Waals surface area contributed by atoms with Crippen LogP contribution in [0, 0.1) is 11.2 Å². The molecule has 3 aromatic rings. The molecular weight excluding hydrogens is 393 g/mol. The number of unbranched alkanes of at least 4 members (excludes halogenated alkanes) is 1. The number of ether oxygens (including phenoxy) is 2. The zero-order valence-electron chi connectivity index (χ0n) is 18.2. The summed E-state index contributed by atoms with van der Waals surface area (Å²) in [6.45, 7) is 4.22. The lowest BCUT2D eigenvalue weighted by Crippen LogP contribution is -2.25. The Hall–Kier alpha value is -3.21. The second-order valence-corrected chi connectivity index (χ2v) is 8.11. The van der Waals surface area contributed by atoms with Crippen LogP contribution in [-0.2, 0) is 9.53 Å². The van der Waals surface area contributed by atoms with Crippen molar-refractivity contribution in [3.05, 3.63) is 72.5 Å². The number of esters is 1. The highest BCUT2D eigenvalue weighted by Gasteiger charge is 2.27. The molecule has 0 atom stereocenters. The number of aromatic nitrogens is 1. The molecule has 0 radical (unpaired) electrons. The van der Waals surface area contributed by atoms with E-state index in [1.807, 2.05) is 56.3 Å². The highest BCUT2D eigenvalue weighted by molar-refractivity contribution is 5.75. The van der Waals surface area contributed by atoms with Gasteiger partial charge in [0.15, 0.2) is 0 Å². The number of carbonyl (C=O) groups is 1. The molecule has 0 spiro atoms. The monoisotopic (exact) mass is 421 g/mol. The summed E-state index contributed by atoms with van der Waals surface area (Å²) in [5, 5.41) is 0. The van der Waals surface area contributed by atoms with Gasteiger partial charge in [0.05, 0.1) is 24.8 Å². The molecule has 0 aliphatic rings. The third kappa shape index (κ3) is 5.91. The summed E-state index contributed by atoms with van der Waals surface area (Å²) in [7, 11) is 1.41. The van der Waals surface area contributed by atoms with Gasteiger partial charge in [-0.3, -0.25) is 4.79 Å². The second-order valence-electron chi connectivity index (χ2n) is 8.11. The second kappa shape index (κ2) is 10.2. The van der Waals surface area contributed by atoms with E-state index in [9.17, 15) is 9.18 Å². The summed E-state index contributed by atoms with van der Waals surface area (Å²) in [6.07, 6.45) is 2.30. The minimum atomic E-state index is -0.516. The molecule has 0 bridgehead atoms. The fourth-order valence-corrected chi connectivity index (χ4v) is 3.41. The van der Waals surface area contributed by atoms with Crippen LogP contribution >= 0.6 is 0 Å². The topological polar surface area (TPSA) is 48.4 Å². The Morgan fingerprint density at radius 3 is 2.39 bits per heavy atom. The minimum absolute atomic E-state index is 0.208. The number of benzene rings is 2. The van der Waals surface area contributed by atoms with Crippen molar-refractivity contribution in [1.82, 2.24) is 4.98 Å². The van der Waals surface area contributed by atoms with Gasteiger partial charge in [-0.1, -0.05) is 42.5 Å². The number of hydrogen-bond donors (Lipinski definition) is 0. The van der Waals surface area contributed by atoms with E-state index in [1.165, 1.54) is 13.2 Å². The van der Waals surface area contributed by atoms with Gasteiger partial charge in [0.1, 0.15) is 5.82 Å². The van der Waals surface area contributed by atoms with Gasteiger partial charge >= 0.3 is 5.97 Å². The quantitative estimate of drug-likeness (QED) is 0.300. The number of hydrogen-bond acceptors (Lipinski definition) is 4. The summed E-state index contributed by atoms with van der Waals surface area (Å²) in [5.41, 5.74) is 2.37. The van der Waals surface area contributed by atoms with E-state index in [0.717, 1.165) is 24.0 Å². The molecule has 3 rings (SSSR count). The largest absolute Gasteiger partial charge is 0.478 e. The Morgan fingerprint density at radius 1 is 0.968 bits per heavy atom. The highest BCUT2D eigenvalue weighted by Crippen LogP contribution is 2.30. The molecule has 5 heteroatoms. The van der Waals surface area contributed by atoms with Crippen LogP contribution in [0.1, 0.15) is 33.1 Å². The first-order valence-corrected chi connectivity index (χ1v) is 10.4. The van der Waals surface area contributed by atoms with Crippen molar-refractivity contribution >= 4 is 5.97 Å². The van der Waals surface area contributed by atoms with E-state index < -0.39 is 5.41 Å². The van der Waals surface area contributed by atoms with Gasteiger partial charge in [0.25, 0.3) is 0 Å². The van der Waals surface area contributed by atoms with Crippen molar-refractivity contribution in [3.8, 4) is 28.3 Å². The normalized spacial score (nSPS) is 11.2. The van der Waals surface area contributed by atoms with E-state index in [4.69, 9.17) is 9.47 Å². The van der Waals surface area contributed by atoms with Gasteiger partial charge in [0.2, 0.25) is 5.88 Å². The molecule has 0 saturated carbocycles. The Labute approximate surface area is 183 Å². The maximum Gasteiger partial charge on any atom is 0.311 e. The summed E-state index contributed by atoms with van der Waals surface area (Å²) >= 11 is 0. The van der Waals surface area contributed by atoms with Crippen LogP contribution in [0.3, 0.4) is 0 Å². The minimum Gasteiger partial charge on any atom is -0.478 e. The molecule has 0 fully saturated rings. The van der Waals surface area contributed by atoms with Gasteiger partial charge in [-0.05, 0) is 62.4 Å². The molecule has 0 amide bonds. The summed E-state index contributed by atoms with van der Waals surface area (Å²) < 4.78 is 25.2. The zero-order chi connectivity index (χ0) is 22.3. The Kier molecular flexibility index (Phi) is 7.40. The van der Waals surface area contributed by atoms with Crippen molar-refractivity contribution in [2.45, 2.75) is 33.1 Å². The predicted molar refractivity (Wildman–Crippen MR) is 120 cm³/mol. The van der Waals surface area contributed by atoms with Crippen LogP contribution < -0.4 is 4.74 Å². The maximum atomic E-state index is 14.4. The fourth-order valence-electron chi connectivity index (χ4n) is 3.41. The molecule has 0 aliphatic heterocycles. The first kappa shape index (κ1) is 22.5. The number of carbonyl (C=O) groups excluding carboxylic acids is 1. The van der Waals surface area contributed by atoms with E-state index in [2.05, 4.69) is 4.98 Å². The lowest BCUT2D eigenvalue weighted by molar-refractivity contribution is -0.151. The summed E-state index contributed by atoms with van der Waals surface area (Å²) in [5.74, 6) is -0.0804. The predicted octanol–water partition coefficient (Wildman–Crippen LogP) is 6.30. The van der Waals surface area contributed by atoms with Crippen molar-refractivity contribution in [3.63, 3.8) is 0 Å². The van der Waals surface area contributed by atoms with E-state index in [0.29, 0.717) is 30.2 Å². The Bertz CT molecular complexity index is 1020. The van der Waals surface area contributed by atoms with Gasteiger partial charge in [0, 0.05) is 11.6 Å². The van der Waals surface area contributed by atoms with Crippen molar-refractivity contribution < 1.29 is 18.7 Å². The highest BCUT2D eigenvalue weighted by atomic mass is 19.1. The molecule has 1 aromatic heterocycles. The maximum absolute atomic E-state index is 14.4. The summed E-state index contributed by atoms with van der Waals surface area (Å²) in [4.78, 5) is 16.3. The van der Waals surface area contributed by atoms with E-state index in [1.54, 1.807) is 18.2 Å². The van der Waals surface area contributed by atoms with Crippen LogP contribution in [0.4, 0.5) is 4.39 Å². The van der Waals surface area contributed by atoms with Crippen LogP contribution in [0.2, 0.25) is 0 Å². The molecule has 0 saturated heterocycles. The molecule has 162 valence electrons. The van der Waals surface area contributed by atoms with Crippen LogP contribution in [0.5, 0.6) is 5.88 Å². The third-order valence-electron chi connectivity index (χ3n) is 5.24. The third-order valence-corrected chi connectivity index (χ3v) is 5.24. The van der Waals surface area contributed by atoms with Crippen LogP contribution in [-0.4, -0.2) is 24.7 Å². The van der Waals surface area contributed by atoms with Crippen molar-refractivity contribution in [1.29, 1.82) is 0 Å². The lowest BCUT2D eigenvalue weighted by Gasteiger charge is -2.21. The molecule has 4 nitrogen and oxygen atoms in total. The molecule has 0 N–H and O–H groups in total. The number of rotatable bonds is 9. The number of pyridine rings is 1. The lowest BCUT2D eigenvalue weighted by atomic mass is 9.87. The SMILES string of the molecule is COC(=O)C(C)(C)CCCCOc1cc(-c2ccccc2)cc(-c2ccccc2F)n1. The number of nitrogens with zero attached hydrogens (tertiary/aromatic N) is 1. The average molecular weight is 422 g/mol. The number of halogens is 1. The fraction of sp³-hybridized carbons (Fsp3) is 0.308. The van der Waals surface area contributed by atoms with Crippen LogP contribution in [0.15, 0.2) is 66.7 Å². The standard InChI is InChI=1S/C26H28FNO3/c1-26(2,25(29)30-3)15-9-10-16-31-24-18-20(19-11-5-4-6-12-19)17-23(28-24)21-13-7-8-14-22(21)27/h4-8,11-14,17-18H,9-10,15-16H2,1-3H3. The van der Waals surface area contributed by atoms with Gasteiger partial charge < -0.3 is 9.47 Å². The Morgan fingerprint density at radius 2 is 1.68 bits per heavy atom. The van der Waals surface area contributed by atoms with Crippen molar-refractivity contribution in [2.24, 2.45) is 5.41 Å². The van der Waals surface area contributed by atoms with Gasteiger partial charge in [-0.2, -0.15) is 0 Å². The molecule has 2 aromatic carbocycles. The number of methoxy groups -OCH3 is 1. The average Bonchev–Trinajstić information content (AvgIpc) is 2.79. The van der Waals surface area contributed by atoms with Crippen molar-refractivity contribution in [2.75, 3.05) is 13.7 Å². The first-order chi connectivity index (χ1) is 14.9. The van der Waals surface area contributed by atoms with E-state index in [-0.39, 0.29) is 11.8 Å². The van der Waals surface area contributed by atoms with E-state index >= 15 is 0 Å². The molecule has 31 heavy (non-hydrogen) atoms. The molecule has 1 heterocycles. The molecule has 0 aliphatic carbocycles. The molecular formula is C26H28FNO3. The molecule has 0 unspecified atom stereocenters. The smallest absolute Gasteiger partial charge is 0.311 e. The van der Waals surface area contributed by atoms with Gasteiger partial charge in [-0.25, -0.2) is 9.37 Å². The van der Waals surface area contributed by atoms with Crippen LogP contribution in [0.25, 0.3) is 22.4 Å². The Balaban J connectivity index is 1.75. The first-order valence-electron chi connectivity index (χ1n) is 10.4. The summed E-state index contributed by atoms with van der Waals surface area (Å²) in [6, 6.07) is 20.2. The van der Waals surface area contributed by atoms with Gasteiger partial charge in [-0.15, -0.1) is 0 Å².